The van der Waals surface area contributed by atoms with E-state index in [0.717, 1.165) is 30.5 Å². The molecule has 1 unspecified atom stereocenters. The first-order valence-corrected chi connectivity index (χ1v) is 9.53. The zero-order chi connectivity index (χ0) is 18.2. The van der Waals surface area contributed by atoms with Gasteiger partial charge in [0.2, 0.25) is 5.91 Å². The fraction of sp³-hybridized carbons (Fsp3) is 0.409. The van der Waals surface area contributed by atoms with Crippen molar-refractivity contribution in [3.63, 3.8) is 0 Å². The number of nitrogens with one attached hydrogen (secondary N) is 1. The SMILES string of the molecule is Cl.Nc1ccccc1CCC(=O)NCCCOC1CCCc2ccccc21. The van der Waals surface area contributed by atoms with Crippen molar-refractivity contribution >= 4 is 24.0 Å². The third-order valence-electron chi connectivity index (χ3n) is 4.95. The van der Waals surface area contributed by atoms with Crippen LogP contribution in [0.15, 0.2) is 48.5 Å². The van der Waals surface area contributed by atoms with E-state index in [2.05, 4.69) is 29.6 Å². The van der Waals surface area contributed by atoms with Crippen LogP contribution in [0.3, 0.4) is 0 Å². The van der Waals surface area contributed by atoms with Crippen LogP contribution in [-0.2, 0) is 22.4 Å². The van der Waals surface area contributed by atoms with E-state index in [-0.39, 0.29) is 24.4 Å². The van der Waals surface area contributed by atoms with E-state index in [1.165, 1.54) is 17.5 Å². The summed E-state index contributed by atoms with van der Waals surface area (Å²) in [7, 11) is 0. The monoisotopic (exact) mass is 388 g/mol. The van der Waals surface area contributed by atoms with Gasteiger partial charge in [0.25, 0.3) is 0 Å². The molecule has 4 nitrogen and oxygen atoms in total. The molecule has 0 radical (unpaired) electrons. The second-order valence-corrected chi connectivity index (χ2v) is 6.85. The number of hydrogen-bond donors (Lipinski definition) is 2. The molecular weight excluding hydrogens is 360 g/mol. The number of carbonyl (C=O) groups is 1. The molecule has 1 aliphatic rings. The van der Waals surface area contributed by atoms with Crippen LogP contribution in [-0.4, -0.2) is 19.1 Å². The number of amides is 1. The Balaban J connectivity index is 0.00000261. The molecule has 3 rings (SSSR count). The second kappa shape index (κ2) is 11.0. The summed E-state index contributed by atoms with van der Waals surface area (Å²) in [5.41, 5.74) is 10.4. The third kappa shape index (κ3) is 6.26. The number of hydrogen-bond acceptors (Lipinski definition) is 3. The minimum Gasteiger partial charge on any atom is -0.399 e. The van der Waals surface area contributed by atoms with Crippen LogP contribution in [0, 0.1) is 0 Å². The summed E-state index contributed by atoms with van der Waals surface area (Å²) in [6, 6.07) is 16.3. The maximum absolute atomic E-state index is 12.0. The minimum absolute atomic E-state index is 0. The highest BCUT2D eigenvalue weighted by molar-refractivity contribution is 5.85. The second-order valence-electron chi connectivity index (χ2n) is 6.85. The predicted octanol–water partition coefficient (Wildman–Crippen LogP) is 4.22. The molecule has 5 heteroatoms. The van der Waals surface area contributed by atoms with E-state index in [0.29, 0.717) is 26.0 Å². The molecule has 0 aliphatic heterocycles. The highest BCUT2D eigenvalue weighted by Crippen LogP contribution is 2.32. The Kier molecular flexibility index (Phi) is 8.62. The number of ether oxygens (including phenoxy) is 1. The molecule has 2 aromatic rings. The Morgan fingerprint density at radius 2 is 1.93 bits per heavy atom. The van der Waals surface area contributed by atoms with Gasteiger partial charge in [-0.15, -0.1) is 12.4 Å². The third-order valence-corrected chi connectivity index (χ3v) is 4.95. The number of nitrogens with two attached hydrogens (primary N) is 1. The Bertz CT molecular complexity index is 736. The van der Waals surface area contributed by atoms with E-state index in [4.69, 9.17) is 10.5 Å². The van der Waals surface area contributed by atoms with Crippen molar-refractivity contribution < 1.29 is 9.53 Å². The van der Waals surface area contributed by atoms with Crippen molar-refractivity contribution in [1.82, 2.24) is 5.32 Å². The maximum atomic E-state index is 12.0. The van der Waals surface area contributed by atoms with Gasteiger partial charge in [-0.3, -0.25) is 4.79 Å². The zero-order valence-electron chi connectivity index (χ0n) is 15.7. The van der Waals surface area contributed by atoms with Crippen LogP contribution in [0.1, 0.15) is 48.5 Å². The van der Waals surface area contributed by atoms with Gasteiger partial charge < -0.3 is 15.8 Å². The van der Waals surface area contributed by atoms with Crippen LogP contribution in [0.25, 0.3) is 0 Å². The molecule has 27 heavy (non-hydrogen) atoms. The summed E-state index contributed by atoms with van der Waals surface area (Å²) < 4.78 is 6.07. The van der Waals surface area contributed by atoms with Crippen molar-refractivity contribution in [3.8, 4) is 0 Å². The van der Waals surface area contributed by atoms with E-state index >= 15 is 0 Å². The zero-order valence-corrected chi connectivity index (χ0v) is 16.5. The molecule has 3 N–H and O–H groups in total. The Morgan fingerprint density at radius 3 is 2.78 bits per heavy atom. The standard InChI is InChI=1S/C22H28N2O2.ClH/c23-20-11-4-2-8-18(20)13-14-22(25)24-15-6-16-26-21-12-5-9-17-7-1-3-10-19(17)21;/h1-4,7-8,10-11,21H,5-6,9,12-16,23H2,(H,24,25);1H. The summed E-state index contributed by atoms with van der Waals surface area (Å²) in [4.78, 5) is 12.0. The molecule has 0 aromatic heterocycles. The first-order valence-electron chi connectivity index (χ1n) is 9.53. The Labute approximate surface area is 167 Å². The average molecular weight is 389 g/mol. The van der Waals surface area contributed by atoms with Crippen LogP contribution in [0.2, 0.25) is 0 Å². The van der Waals surface area contributed by atoms with E-state index in [1.807, 2.05) is 24.3 Å². The number of anilines is 1. The van der Waals surface area contributed by atoms with Gasteiger partial charge >= 0.3 is 0 Å². The number of fused-ring (bicyclic) bond motifs is 1. The lowest BCUT2D eigenvalue weighted by atomic mass is 9.89. The predicted molar refractivity (Wildman–Crippen MR) is 112 cm³/mol. The Hall–Kier alpha value is -2.04. The molecule has 146 valence electrons. The molecule has 0 heterocycles. The number of halogens is 1. The topological polar surface area (TPSA) is 64.4 Å². The molecule has 2 aromatic carbocycles. The summed E-state index contributed by atoms with van der Waals surface area (Å²) >= 11 is 0. The quantitative estimate of drug-likeness (QED) is 0.525. The fourth-order valence-electron chi connectivity index (χ4n) is 3.51. The summed E-state index contributed by atoms with van der Waals surface area (Å²) in [5.74, 6) is 0.0660. The van der Waals surface area contributed by atoms with Gasteiger partial charge in [0.15, 0.2) is 0 Å². The first-order chi connectivity index (χ1) is 12.7. The number of aryl methyl sites for hydroxylation is 2. The summed E-state index contributed by atoms with van der Waals surface area (Å²) in [6.07, 6.45) is 5.59. The first kappa shape index (κ1) is 21.3. The molecule has 1 aliphatic carbocycles. The smallest absolute Gasteiger partial charge is 0.220 e. The molecule has 0 saturated heterocycles. The Morgan fingerprint density at radius 1 is 1.15 bits per heavy atom. The minimum atomic E-state index is 0. The molecule has 1 atom stereocenters. The van der Waals surface area contributed by atoms with Crippen molar-refractivity contribution in [2.24, 2.45) is 0 Å². The van der Waals surface area contributed by atoms with E-state index in [1.54, 1.807) is 0 Å². The highest BCUT2D eigenvalue weighted by Gasteiger charge is 2.19. The van der Waals surface area contributed by atoms with Crippen molar-refractivity contribution in [2.45, 2.75) is 44.6 Å². The highest BCUT2D eigenvalue weighted by atomic mass is 35.5. The van der Waals surface area contributed by atoms with Crippen LogP contribution >= 0.6 is 12.4 Å². The van der Waals surface area contributed by atoms with Gasteiger partial charge in [-0.05, 0) is 54.9 Å². The largest absolute Gasteiger partial charge is 0.399 e. The van der Waals surface area contributed by atoms with Crippen molar-refractivity contribution in [1.29, 1.82) is 0 Å². The van der Waals surface area contributed by atoms with Gasteiger partial charge in [-0.25, -0.2) is 0 Å². The summed E-state index contributed by atoms with van der Waals surface area (Å²) in [5, 5.41) is 2.97. The van der Waals surface area contributed by atoms with Crippen LogP contribution in [0.5, 0.6) is 0 Å². The van der Waals surface area contributed by atoms with Crippen molar-refractivity contribution in [2.75, 3.05) is 18.9 Å². The fourth-order valence-corrected chi connectivity index (χ4v) is 3.51. The lowest BCUT2D eigenvalue weighted by Crippen LogP contribution is -2.26. The molecule has 0 fully saturated rings. The summed E-state index contributed by atoms with van der Waals surface area (Å²) in [6.45, 7) is 1.32. The van der Waals surface area contributed by atoms with Crippen LogP contribution < -0.4 is 11.1 Å². The van der Waals surface area contributed by atoms with Gasteiger partial charge in [0.1, 0.15) is 0 Å². The van der Waals surface area contributed by atoms with Crippen LogP contribution in [0.4, 0.5) is 5.69 Å². The normalized spacial score (nSPS) is 15.5. The van der Waals surface area contributed by atoms with Gasteiger partial charge in [0.05, 0.1) is 6.10 Å². The molecule has 0 spiro atoms. The lowest BCUT2D eigenvalue weighted by molar-refractivity contribution is -0.121. The molecule has 0 bridgehead atoms. The maximum Gasteiger partial charge on any atom is 0.220 e. The number of carbonyl (C=O) groups excluding carboxylic acids is 1. The molecule has 0 saturated carbocycles. The van der Waals surface area contributed by atoms with E-state index in [9.17, 15) is 4.79 Å². The molecule has 1 amide bonds. The number of benzene rings is 2. The van der Waals surface area contributed by atoms with Gasteiger partial charge in [-0.2, -0.15) is 0 Å². The van der Waals surface area contributed by atoms with E-state index < -0.39 is 0 Å². The average Bonchev–Trinajstić information content (AvgIpc) is 2.67. The number of para-hydroxylation sites is 1. The van der Waals surface area contributed by atoms with Gasteiger partial charge in [-0.1, -0.05) is 42.5 Å². The lowest BCUT2D eigenvalue weighted by Gasteiger charge is -2.25. The number of rotatable bonds is 8. The number of nitrogen functional groups attached to an aromatic ring is 1. The molecular formula is C22H29ClN2O2. The van der Waals surface area contributed by atoms with Crippen molar-refractivity contribution in [3.05, 3.63) is 65.2 Å². The van der Waals surface area contributed by atoms with Gasteiger partial charge in [0, 0.05) is 25.3 Å².